The van der Waals surface area contributed by atoms with Crippen LogP contribution in [0.1, 0.15) is 16.7 Å². The van der Waals surface area contributed by atoms with E-state index in [1.54, 1.807) is 18.2 Å². The van der Waals surface area contributed by atoms with Crippen molar-refractivity contribution in [3.63, 3.8) is 0 Å². The van der Waals surface area contributed by atoms with Gasteiger partial charge < -0.3 is 15.2 Å². The minimum Gasteiger partial charge on any atom is -0.507 e. The standard InChI is InChI=1S/C19H18N2O3/c1-12-5-4-6-17(13(12)2)21-19(23)15(11-20)9-14-7-8-16(24-3)10-18(14)22/h4-10,22H,1-3H3,(H,21,23)/b15-9+. The molecule has 0 unspecified atom stereocenters. The second-order valence-corrected chi connectivity index (χ2v) is 5.30. The smallest absolute Gasteiger partial charge is 0.266 e. The molecule has 0 radical (unpaired) electrons. The van der Waals surface area contributed by atoms with Gasteiger partial charge in [-0.3, -0.25) is 4.79 Å². The SMILES string of the molecule is COc1ccc(/C=C(\C#N)C(=O)Nc2cccc(C)c2C)c(O)c1. The van der Waals surface area contributed by atoms with Crippen LogP contribution in [0, 0.1) is 25.2 Å². The molecule has 2 aromatic rings. The Hall–Kier alpha value is -3.26. The summed E-state index contributed by atoms with van der Waals surface area (Å²) in [6.45, 7) is 3.84. The fourth-order valence-corrected chi connectivity index (χ4v) is 2.15. The van der Waals surface area contributed by atoms with Crippen molar-refractivity contribution in [2.45, 2.75) is 13.8 Å². The highest BCUT2D eigenvalue weighted by Crippen LogP contribution is 2.26. The lowest BCUT2D eigenvalue weighted by molar-refractivity contribution is -0.112. The largest absolute Gasteiger partial charge is 0.507 e. The van der Waals surface area contributed by atoms with Crippen molar-refractivity contribution in [3.8, 4) is 17.6 Å². The third-order valence-electron chi connectivity index (χ3n) is 3.76. The Morgan fingerprint density at radius 1 is 1.29 bits per heavy atom. The van der Waals surface area contributed by atoms with Crippen molar-refractivity contribution in [2.75, 3.05) is 12.4 Å². The van der Waals surface area contributed by atoms with Crippen LogP contribution in [-0.2, 0) is 4.79 Å². The van der Waals surface area contributed by atoms with E-state index in [1.807, 2.05) is 32.0 Å². The van der Waals surface area contributed by atoms with Gasteiger partial charge in [0.1, 0.15) is 23.1 Å². The Labute approximate surface area is 140 Å². The van der Waals surface area contributed by atoms with Crippen LogP contribution in [0.5, 0.6) is 11.5 Å². The van der Waals surface area contributed by atoms with Gasteiger partial charge in [0, 0.05) is 17.3 Å². The van der Waals surface area contributed by atoms with Crippen molar-refractivity contribution in [1.29, 1.82) is 5.26 Å². The molecular formula is C19H18N2O3. The topological polar surface area (TPSA) is 82.3 Å². The van der Waals surface area contributed by atoms with Crippen molar-refractivity contribution in [2.24, 2.45) is 0 Å². The number of nitrogens with zero attached hydrogens (tertiary/aromatic N) is 1. The number of amides is 1. The van der Waals surface area contributed by atoms with Crippen LogP contribution in [0.4, 0.5) is 5.69 Å². The van der Waals surface area contributed by atoms with Crippen LogP contribution in [0.15, 0.2) is 42.0 Å². The molecule has 0 saturated heterocycles. The average molecular weight is 322 g/mol. The van der Waals surface area contributed by atoms with Crippen LogP contribution >= 0.6 is 0 Å². The van der Waals surface area contributed by atoms with E-state index in [1.165, 1.54) is 19.3 Å². The molecule has 0 aromatic heterocycles. The maximum atomic E-state index is 12.3. The number of methoxy groups -OCH3 is 1. The number of aryl methyl sites for hydroxylation is 1. The summed E-state index contributed by atoms with van der Waals surface area (Å²) in [5.41, 5.74) is 2.90. The van der Waals surface area contributed by atoms with Gasteiger partial charge in [0.05, 0.1) is 7.11 Å². The van der Waals surface area contributed by atoms with E-state index in [9.17, 15) is 15.2 Å². The van der Waals surface area contributed by atoms with Gasteiger partial charge >= 0.3 is 0 Å². The Kier molecular flexibility index (Phi) is 5.23. The Morgan fingerprint density at radius 3 is 2.67 bits per heavy atom. The lowest BCUT2D eigenvalue weighted by Gasteiger charge is -2.10. The summed E-state index contributed by atoms with van der Waals surface area (Å²) in [5, 5.41) is 21.9. The highest BCUT2D eigenvalue weighted by molar-refractivity contribution is 6.10. The quantitative estimate of drug-likeness (QED) is 0.666. The van der Waals surface area contributed by atoms with Crippen LogP contribution < -0.4 is 10.1 Å². The highest BCUT2D eigenvalue weighted by Gasteiger charge is 2.12. The Balaban J connectivity index is 2.29. The van der Waals surface area contributed by atoms with E-state index < -0.39 is 5.91 Å². The lowest BCUT2D eigenvalue weighted by atomic mass is 10.1. The van der Waals surface area contributed by atoms with Gasteiger partial charge in [-0.2, -0.15) is 5.26 Å². The van der Waals surface area contributed by atoms with Crippen LogP contribution in [-0.4, -0.2) is 18.1 Å². The highest BCUT2D eigenvalue weighted by atomic mass is 16.5. The van der Waals surface area contributed by atoms with Crippen molar-refractivity contribution < 1.29 is 14.6 Å². The molecule has 0 atom stereocenters. The molecule has 0 fully saturated rings. The molecule has 2 N–H and O–H groups in total. The molecule has 0 aliphatic heterocycles. The zero-order chi connectivity index (χ0) is 17.7. The van der Waals surface area contributed by atoms with E-state index >= 15 is 0 Å². The molecule has 2 rings (SSSR count). The molecule has 5 nitrogen and oxygen atoms in total. The number of nitrogens with one attached hydrogen (secondary N) is 1. The van der Waals surface area contributed by atoms with Gasteiger partial charge in [-0.25, -0.2) is 0 Å². The van der Waals surface area contributed by atoms with Gasteiger partial charge in [-0.15, -0.1) is 0 Å². The first-order chi connectivity index (χ1) is 11.5. The number of carbonyl (C=O) groups is 1. The number of rotatable bonds is 4. The Morgan fingerprint density at radius 2 is 2.04 bits per heavy atom. The molecule has 122 valence electrons. The van der Waals surface area contributed by atoms with Gasteiger partial charge in [-0.05, 0) is 49.2 Å². The van der Waals surface area contributed by atoms with E-state index in [0.29, 0.717) is 17.0 Å². The summed E-state index contributed by atoms with van der Waals surface area (Å²) in [5.74, 6) is -0.106. The molecular weight excluding hydrogens is 304 g/mol. The molecule has 2 aromatic carbocycles. The Bertz CT molecular complexity index is 848. The van der Waals surface area contributed by atoms with Gasteiger partial charge in [0.15, 0.2) is 0 Å². The van der Waals surface area contributed by atoms with Crippen molar-refractivity contribution in [1.82, 2.24) is 0 Å². The minimum atomic E-state index is -0.526. The molecule has 24 heavy (non-hydrogen) atoms. The molecule has 0 aliphatic rings. The fourth-order valence-electron chi connectivity index (χ4n) is 2.15. The first-order valence-corrected chi connectivity index (χ1v) is 7.32. The number of ether oxygens (including phenoxy) is 1. The second kappa shape index (κ2) is 7.34. The molecule has 0 heterocycles. The molecule has 0 aliphatic carbocycles. The fraction of sp³-hybridized carbons (Fsp3) is 0.158. The van der Waals surface area contributed by atoms with Gasteiger partial charge in [0.2, 0.25) is 0 Å². The first kappa shape index (κ1) is 17.1. The summed E-state index contributed by atoms with van der Waals surface area (Å²) in [7, 11) is 1.49. The van der Waals surface area contributed by atoms with E-state index in [2.05, 4.69) is 5.32 Å². The van der Waals surface area contributed by atoms with E-state index in [-0.39, 0.29) is 11.3 Å². The number of phenolic OH excluding ortho intramolecular Hbond substituents is 1. The van der Waals surface area contributed by atoms with E-state index in [4.69, 9.17) is 4.74 Å². The minimum absolute atomic E-state index is 0.0679. The van der Waals surface area contributed by atoms with Gasteiger partial charge in [-0.1, -0.05) is 12.1 Å². The van der Waals surface area contributed by atoms with Crippen LogP contribution in [0.3, 0.4) is 0 Å². The summed E-state index contributed by atoms with van der Waals surface area (Å²) in [6.07, 6.45) is 1.34. The van der Waals surface area contributed by atoms with Crippen molar-refractivity contribution in [3.05, 3.63) is 58.7 Å². The van der Waals surface area contributed by atoms with Gasteiger partial charge in [0.25, 0.3) is 5.91 Å². The molecule has 5 heteroatoms. The normalized spacial score (nSPS) is 10.8. The number of hydrogen-bond donors (Lipinski definition) is 2. The summed E-state index contributed by atoms with van der Waals surface area (Å²) < 4.78 is 5.01. The molecule has 1 amide bonds. The number of aromatic hydroxyl groups is 1. The maximum Gasteiger partial charge on any atom is 0.266 e. The number of anilines is 1. The number of carbonyl (C=O) groups excluding carboxylic acids is 1. The maximum absolute atomic E-state index is 12.3. The van der Waals surface area contributed by atoms with Crippen molar-refractivity contribution >= 4 is 17.7 Å². The molecule has 0 spiro atoms. The van der Waals surface area contributed by atoms with Crippen LogP contribution in [0.2, 0.25) is 0 Å². The molecule has 0 saturated carbocycles. The summed E-state index contributed by atoms with van der Waals surface area (Å²) >= 11 is 0. The van der Waals surface area contributed by atoms with Crippen LogP contribution in [0.25, 0.3) is 6.08 Å². The second-order valence-electron chi connectivity index (χ2n) is 5.30. The third-order valence-corrected chi connectivity index (χ3v) is 3.76. The summed E-state index contributed by atoms with van der Waals surface area (Å²) in [6, 6.07) is 12.1. The zero-order valence-electron chi connectivity index (χ0n) is 13.8. The first-order valence-electron chi connectivity index (χ1n) is 7.32. The summed E-state index contributed by atoms with van der Waals surface area (Å²) in [4.78, 5) is 12.3. The number of nitriles is 1. The molecule has 0 bridgehead atoms. The zero-order valence-corrected chi connectivity index (χ0v) is 13.8. The monoisotopic (exact) mass is 322 g/mol. The number of phenols is 1. The lowest BCUT2D eigenvalue weighted by Crippen LogP contribution is -2.14. The predicted molar refractivity (Wildman–Crippen MR) is 92.8 cm³/mol. The number of benzene rings is 2. The number of hydrogen-bond acceptors (Lipinski definition) is 4. The third kappa shape index (κ3) is 3.73. The predicted octanol–water partition coefficient (Wildman–Crippen LogP) is 3.56. The van der Waals surface area contributed by atoms with E-state index in [0.717, 1.165) is 11.1 Å². The average Bonchev–Trinajstić information content (AvgIpc) is 2.57.